The summed E-state index contributed by atoms with van der Waals surface area (Å²) in [5.74, 6) is 1.58. The Bertz CT molecular complexity index is 453. The van der Waals surface area contributed by atoms with Crippen molar-refractivity contribution in [2.24, 2.45) is 17.3 Å². The van der Waals surface area contributed by atoms with Crippen molar-refractivity contribution in [1.82, 2.24) is 15.1 Å². The Morgan fingerprint density at radius 3 is 2.43 bits per heavy atom. The molecule has 21 heavy (non-hydrogen) atoms. The molecule has 3 nitrogen and oxygen atoms in total. The van der Waals surface area contributed by atoms with Crippen LogP contribution in [0.2, 0.25) is 0 Å². The SMILES string of the molecule is CCn1ncc(Br)c1C(NC)C1CCC(C(C)(C)C)CC1. The van der Waals surface area contributed by atoms with E-state index in [-0.39, 0.29) is 0 Å². The van der Waals surface area contributed by atoms with E-state index in [1.165, 1.54) is 31.4 Å². The van der Waals surface area contributed by atoms with Crippen LogP contribution in [0.4, 0.5) is 0 Å². The molecule has 1 heterocycles. The lowest BCUT2D eigenvalue weighted by molar-refractivity contribution is 0.132. The average molecular weight is 356 g/mol. The van der Waals surface area contributed by atoms with Gasteiger partial charge < -0.3 is 5.32 Å². The predicted molar refractivity (Wildman–Crippen MR) is 92.3 cm³/mol. The summed E-state index contributed by atoms with van der Waals surface area (Å²) in [5.41, 5.74) is 1.77. The van der Waals surface area contributed by atoms with E-state index in [4.69, 9.17) is 0 Å². The molecular weight excluding hydrogens is 326 g/mol. The van der Waals surface area contributed by atoms with Crippen molar-refractivity contribution in [3.8, 4) is 0 Å². The van der Waals surface area contributed by atoms with E-state index in [0.29, 0.717) is 17.4 Å². The molecule has 0 amide bonds. The van der Waals surface area contributed by atoms with Gasteiger partial charge in [0.25, 0.3) is 0 Å². The summed E-state index contributed by atoms with van der Waals surface area (Å²) in [5, 5.41) is 8.03. The zero-order valence-corrected chi connectivity index (χ0v) is 15.7. The molecule has 1 unspecified atom stereocenters. The third-order valence-corrected chi connectivity index (χ3v) is 5.82. The summed E-state index contributed by atoms with van der Waals surface area (Å²) >= 11 is 3.69. The highest BCUT2D eigenvalue weighted by Gasteiger charge is 2.34. The second-order valence-electron chi connectivity index (χ2n) is 7.44. The first-order valence-corrected chi connectivity index (χ1v) is 9.06. The minimum atomic E-state index is 0.405. The first-order valence-electron chi connectivity index (χ1n) is 8.27. The second kappa shape index (κ2) is 6.82. The molecule has 1 aromatic rings. The minimum absolute atomic E-state index is 0.405. The van der Waals surface area contributed by atoms with Crippen molar-refractivity contribution < 1.29 is 0 Å². The number of hydrogen-bond acceptors (Lipinski definition) is 2. The predicted octanol–water partition coefficient (Wildman–Crippen LogP) is 4.78. The van der Waals surface area contributed by atoms with E-state index < -0.39 is 0 Å². The Kier molecular flexibility index (Phi) is 5.53. The summed E-state index contributed by atoms with van der Waals surface area (Å²) in [6.45, 7) is 10.2. The molecule has 0 aliphatic heterocycles. The van der Waals surface area contributed by atoms with E-state index >= 15 is 0 Å². The van der Waals surface area contributed by atoms with Gasteiger partial charge in [-0.3, -0.25) is 4.68 Å². The lowest BCUT2D eigenvalue weighted by Crippen LogP contribution is -2.33. The van der Waals surface area contributed by atoms with E-state index in [1.807, 2.05) is 6.20 Å². The third kappa shape index (κ3) is 3.70. The number of nitrogens with one attached hydrogen (secondary N) is 1. The van der Waals surface area contributed by atoms with Crippen molar-refractivity contribution in [2.45, 2.75) is 66.0 Å². The topological polar surface area (TPSA) is 29.9 Å². The van der Waals surface area contributed by atoms with Crippen LogP contribution in [0, 0.1) is 17.3 Å². The molecule has 2 rings (SSSR count). The van der Waals surface area contributed by atoms with Crippen LogP contribution in [-0.2, 0) is 6.54 Å². The van der Waals surface area contributed by atoms with Crippen molar-refractivity contribution in [2.75, 3.05) is 7.05 Å². The maximum atomic E-state index is 4.48. The van der Waals surface area contributed by atoms with E-state index in [1.54, 1.807) is 0 Å². The Hall–Kier alpha value is -0.350. The van der Waals surface area contributed by atoms with Crippen LogP contribution in [0.5, 0.6) is 0 Å². The average Bonchev–Trinajstić information content (AvgIpc) is 2.81. The number of rotatable bonds is 4. The van der Waals surface area contributed by atoms with Crippen LogP contribution < -0.4 is 5.32 Å². The first kappa shape index (κ1) is 17.0. The minimum Gasteiger partial charge on any atom is -0.311 e. The van der Waals surface area contributed by atoms with Crippen LogP contribution in [0.3, 0.4) is 0 Å². The maximum Gasteiger partial charge on any atom is 0.0698 e. The van der Waals surface area contributed by atoms with Gasteiger partial charge in [-0.05, 0) is 72.8 Å². The number of hydrogen-bond donors (Lipinski definition) is 1. The zero-order valence-electron chi connectivity index (χ0n) is 14.1. The van der Waals surface area contributed by atoms with Gasteiger partial charge in [-0.15, -0.1) is 0 Å². The molecule has 1 fully saturated rings. The number of aromatic nitrogens is 2. The summed E-state index contributed by atoms with van der Waals surface area (Å²) in [7, 11) is 2.08. The molecule has 1 atom stereocenters. The van der Waals surface area contributed by atoms with Crippen molar-refractivity contribution in [3.05, 3.63) is 16.4 Å². The number of aryl methyl sites for hydroxylation is 1. The lowest BCUT2D eigenvalue weighted by atomic mass is 9.68. The van der Waals surface area contributed by atoms with Gasteiger partial charge in [0.2, 0.25) is 0 Å². The van der Waals surface area contributed by atoms with Crippen LogP contribution in [0.1, 0.15) is 65.1 Å². The fourth-order valence-electron chi connectivity index (χ4n) is 3.85. The summed E-state index contributed by atoms with van der Waals surface area (Å²) < 4.78 is 3.27. The third-order valence-electron chi connectivity index (χ3n) is 5.21. The van der Waals surface area contributed by atoms with Gasteiger partial charge in [-0.2, -0.15) is 5.10 Å². The summed E-state index contributed by atoms with van der Waals surface area (Å²) in [6.07, 6.45) is 7.27. The van der Waals surface area contributed by atoms with Crippen LogP contribution in [-0.4, -0.2) is 16.8 Å². The van der Waals surface area contributed by atoms with E-state index in [9.17, 15) is 0 Å². The fourth-order valence-corrected chi connectivity index (χ4v) is 4.39. The molecule has 1 aliphatic carbocycles. The number of halogens is 1. The van der Waals surface area contributed by atoms with E-state index in [2.05, 4.69) is 65.8 Å². The molecule has 4 heteroatoms. The number of nitrogens with zero attached hydrogens (tertiary/aromatic N) is 2. The largest absolute Gasteiger partial charge is 0.311 e. The summed E-state index contributed by atoms with van der Waals surface area (Å²) in [6, 6.07) is 0.405. The van der Waals surface area contributed by atoms with Crippen LogP contribution >= 0.6 is 15.9 Å². The second-order valence-corrected chi connectivity index (χ2v) is 8.29. The monoisotopic (exact) mass is 355 g/mol. The highest BCUT2D eigenvalue weighted by atomic mass is 79.9. The Morgan fingerprint density at radius 2 is 1.95 bits per heavy atom. The maximum absolute atomic E-state index is 4.48. The van der Waals surface area contributed by atoms with Crippen molar-refractivity contribution >= 4 is 15.9 Å². The van der Waals surface area contributed by atoms with Gasteiger partial charge >= 0.3 is 0 Å². The molecule has 0 saturated heterocycles. The van der Waals surface area contributed by atoms with Gasteiger partial charge in [0.1, 0.15) is 0 Å². The smallest absolute Gasteiger partial charge is 0.0698 e. The Labute approximate surface area is 138 Å². The van der Waals surface area contributed by atoms with Crippen molar-refractivity contribution in [1.29, 1.82) is 0 Å². The zero-order chi connectivity index (χ0) is 15.6. The molecular formula is C17H30BrN3. The summed E-state index contributed by atoms with van der Waals surface area (Å²) in [4.78, 5) is 0. The van der Waals surface area contributed by atoms with E-state index in [0.717, 1.165) is 16.9 Å². The van der Waals surface area contributed by atoms with Gasteiger partial charge in [0, 0.05) is 6.54 Å². The molecule has 0 spiro atoms. The Morgan fingerprint density at radius 1 is 1.33 bits per heavy atom. The molecule has 1 aliphatic rings. The quantitative estimate of drug-likeness (QED) is 0.842. The highest BCUT2D eigenvalue weighted by Crippen LogP contribution is 2.44. The Balaban J connectivity index is 2.11. The lowest BCUT2D eigenvalue weighted by Gasteiger charge is -2.39. The molecule has 120 valence electrons. The molecule has 1 saturated carbocycles. The molecule has 0 radical (unpaired) electrons. The van der Waals surface area contributed by atoms with Gasteiger partial charge in [-0.25, -0.2) is 0 Å². The standard InChI is InChI=1S/C17H30BrN3/c1-6-21-16(14(18)11-20-21)15(19-5)12-7-9-13(10-8-12)17(2,3)4/h11-13,15,19H,6-10H2,1-5H3. The van der Waals surface area contributed by atoms with Gasteiger partial charge in [-0.1, -0.05) is 20.8 Å². The molecule has 0 bridgehead atoms. The molecule has 1 N–H and O–H groups in total. The molecule has 1 aromatic heterocycles. The van der Waals surface area contributed by atoms with Crippen molar-refractivity contribution in [3.63, 3.8) is 0 Å². The fraction of sp³-hybridized carbons (Fsp3) is 0.824. The first-order chi connectivity index (χ1) is 9.88. The van der Waals surface area contributed by atoms with Crippen LogP contribution in [0.15, 0.2) is 10.7 Å². The molecule has 0 aromatic carbocycles. The van der Waals surface area contributed by atoms with Gasteiger partial charge in [0.05, 0.1) is 22.4 Å². The van der Waals surface area contributed by atoms with Crippen LogP contribution in [0.25, 0.3) is 0 Å². The van der Waals surface area contributed by atoms with Gasteiger partial charge in [0.15, 0.2) is 0 Å². The highest BCUT2D eigenvalue weighted by molar-refractivity contribution is 9.10. The normalized spacial score (nSPS) is 25.0.